The van der Waals surface area contributed by atoms with Crippen LogP contribution in [0.3, 0.4) is 0 Å². The standard InChI is InChI=1S/C15H13BrFNO/c16-15-12(2-1-3-13(15)17)8-14(19)11-6-4-10(9-18)5-7-11/h1-7H,8-9,18H2. The van der Waals surface area contributed by atoms with E-state index in [0.29, 0.717) is 22.1 Å². The molecular weight excluding hydrogens is 309 g/mol. The van der Waals surface area contributed by atoms with Gasteiger partial charge < -0.3 is 5.73 Å². The summed E-state index contributed by atoms with van der Waals surface area (Å²) in [5, 5.41) is 0. The molecule has 98 valence electrons. The molecule has 0 saturated heterocycles. The number of nitrogens with two attached hydrogens (primary N) is 1. The van der Waals surface area contributed by atoms with Crippen molar-refractivity contribution < 1.29 is 9.18 Å². The second-order valence-corrected chi connectivity index (χ2v) is 5.01. The van der Waals surface area contributed by atoms with Crippen molar-refractivity contribution in [1.82, 2.24) is 0 Å². The maximum atomic E-state index is 13.4. The van der Waals surface area contributed by atoms with Crippen LogP contribution >= 0.6 is 15.9 Å². The lowest BCUT2D eigenvalue weighted by atomic mass is 10.0. The Morgan fingerprint density at radius 2 is 1.84 bits per heavy atom. The average Bonchev–Trinajstić information content (AvgIpc) is 2.44. The fourth-order valence-corrected chi connectivity index (χ4v) is 2.19. The molecule has 2 aromatic carbocycles. The van der Waals surface area contributed by atoms with Gasteiger partial charge in [0.25, 0.3) is 0 Å². The first-order valence-corrected chi connectivity index (χ1v) is 6.66. The molecule has 0 spiro atoms. The Morgan fingerprint density at radius 1 is 1.16 bits per heavy atom. The van der Waals surface area contributed by atoms with Crippen LogP contribution in [-0.4, -0.2) is 5.78 Å². The van der Waals surface area contributed by atoms with Crippen LogP contribution in [0.5, 0.6) is 0 Å². The molecule has 0 bridgehead atoms. The Kier molecular flexibility index (Phi) is 4.45. The molecule has 2 rings (SSSR count). The largest absolute Gasteiger partial charge is 0.326 e. The Hall–Kier alpha value is -1.52. The number of carbonyl (C=O) groups excluding carboxylic acids is 1. The van der Waals surface area contributed by atoms with Gasteiger partial charge in [0.15, 0.2) is 5.78 Å². The molecule has 19 heavy (non-hydrogen) atoms. The quantitative estimate of drug-likeness (QED) is 0.876. The van der Waals surface area contributed by atoms with E-state index in [1.54, 1.807) is 24.3 Å². The predicted octanol–water partition coefficient (Wildman–Crippen LogP) is 3.47. The highest BCUT2D eigenvalue weighted by atomic mass is 79.9. The number of carbonyl (C=O) groups is 1. The van der Waals surface area contributed by atoms with Crippen molar-refractivity contribution in [2.45, 2.75) is 13.0 Å². The van der Waals surface area contributed by atoms with E-state index in [0.717, 1.165) is 5.56 Å². The minimum absolute atomic E-state index is 0.0464. The summed E-state index contributed by atoms with van der Waals surface area (Å²) in [6.07, 6.45) is 0.167. The zero-order valence-electron chi connectivity index (χ0n) is 10.2. The molecule has 0 aliphatic rings. The van der Waals surface area contributed by atoms with E-state index in [9.17, 15) is 9.18 Å². The number of hydrogen-bond acceptors (Lipinski definition) is 2. The molecule has 0 aliphatic carbocycles. The molecule has 0 atom stereocenters. The summed E-state index contributed by atoms with van der Waals surface area (Å²) in [5.74, 6) is -0.404. The molecule has 0 aliphatic heterocycles. The van der Waals surface area contributed by atoms with Crippen LogP contribution in [0.1, 0.15) is 21.5 Å². The SMILES string of the molecule is NCc1ccc(C(=O)Cc2cccc(F)c2Br)cc1. The molecule has 4 heteroatoms. The van der Waals surface area contributed by atoms with Gasteiger partial charge in [-0.25, -0.2) is 4.39 Å². The molecule has 0 heterocycles. The van der Waals surface area contributed by atoms with Crippen molar-refractivity contribution >= 4 is 21.7 Å². The van der Waals surface area contributed by atoms with Crippen LogP contribution in [0.25, 0.3) is 0 Å². The number of Topliss-reactive ketones (excluding diaryl/α,β-unsaturated/α-hetero) is 1. The summed E-state index contributed by atoms with van der Waals surface area (Å²) in [4.78, 5) is 12.1. The van der Waals surface area contributed by atoms with Gasteiger partial charge in [-0.05, 0) is 33.1 Å². The Balaban J connectivity index is 2.18. The lowest BCUT2D eigenvalue weighted by Crippen LogP contribution is -2.05. The van der Waals surface area contributed by atoms with Crippen molar-refractivity contribution in [3.8, 4) is 0 Å². The van der Waals surface area contributed by atoms with E-state index in [1.165, 1.54) is 6.07 Å². The van der Waals surface area contributed by atoms with E-state index in [1.807, 2.05) is 12.1 Å². The zero-order chi connectivity index (χ0) is 13.8. The monoisotopic (exact) mass is 321 g/mol. The Bertz CT molecular complexity index is 596. The van der Waals surface area contributed by atoms with Crippen LogP contribution in [0.15, 0.2) is 46.9 Å². The van der Waals surface area contributed by atoms with Crippen LogP contribution in [0, 0.1) is 5.82 Å². The number of hydrogen-bond donors (Lipinski definition) is 1. The fraction of sp³-hybridized carbons (Fsp3) is 0.133. The van der Waals surface area contributed by atoms with Crippen molar-refractivity contribution in [3.63, 3.8) is 0 Å². The first-order chi connectivity index (χ1) is 9.11. The minimum atomic E-state index is -0.358. The first kappa shape index (κ1) is 13.9. The zero-order valence-corrected chi connectivity index (χ0v) is 11.8. The van der Waals surface area contributed by atoms with E-state index in [2.05, 4.69) is 15.9 Å². The molecule has 2 aromatic rings. The normalized spacial score (nSPS) is 10.5. The number of ketones is 1. The third-order valence-electron chi connectivity index (χ3n) is 2.89. The van der Waals surface area contributed by atoms with E-state index >= 15 is 0 Å². The highest BCUT2D eigenvalue weighted by Gasteiger charge is 2.11. The molecule has 0 radical (unpaired) electrons. The second kappa shape index (κ2) is 6.08. The summed E-state index contributed by atoms with van der Waals surface area (Å²) in [6.45, 7) is 0.448. The van der Waals surface area contributed by atoms with Gasteiger partial charge in [-0.3, -0.25) is 4.79 Å². The van der Waals surface area contributed by atoms with Crippen molar-refractivity contribution in [2.24, 2.45) is 5.73 Å². The summed E-state index contributed by atoms with van der Waals surface area (Å²) < 4.78 is 13.7. The summed E-state index contributed by atoms with van der Waals surface area (Å²) in [6, 6.07) is 11.8. The maximum absolute atomic E-state index is 13.4. The van der Waals surface area contributed by atoms with Gasteiger partial charge in [-0.1, -0.05) is 36.4 Å². The van der Waals surface area contributed by atoms with Crippen LogP contribution in [0.2, 0.25) is 0 Å². The maximum Gasteiger partial charge on any atom is 0.167 e. The third-order valence-corrected chi connectivity index (χ3v) is 3.78. The van der Waals surface area contributed by atoms with Gasteiger partial charge in [0.1, 0.15) is 5.82 Å². The van der Waals surface area contributed by atoms with Crippen LogP contribution < -0.4 is 5.73 Å². The second-order valence-electron chi connectivity index (χ2n) is 4.21. The molecule has 0 saturated carbocycles. The molecule has 0 aromatic heterocycles. The molecule has 0 fully saturated rings. The van der Waals surface area contributed by atoms with Gasteiger partial charge >= 0.3 is 0 Å². The Morgan fingerprint density at radius 3 is 2.47 bits per heavy atom. The molecule has 2 N–H and O–H groups in total. The summed E-state index contributed by atoms with van der Waals surface area (Å²) in [7, 11) is 0. The topological polar surface area (TPSA) is 43.1 Å². The highest BCUT2D eigenvalue weighted by Crippen LogP contribution is 2.22. The van der Waals surface area contributed by atoms with Crippen LogP contribution in [0.4, 0.5) is 4.39 Å². The van der Waals surface area contributed by atoms with E-state index in [4.69, 9.17) is 5.73 Å². The summed E-state index contributed by atoms with van der Waals surface area (Å²) >= 11 is 3.16. The van der Waals surface area contributed by atoms with Crippen molar-refractivity contribution in [3.05, 3.63) is 69.4 Å². The smallest absolute Gasteiger partial charge is 0.167 e. The van der Waals surface area contributed by atoms with Crippen molar-refractivity contribution in [1.29, 1.82) is 0 Å². The predicted molar refractivity (Wildman–Crippen MR) is 76.5 cm³/mol. The highest BCUT2D eigenvalue weighted by molar-refractivity contribution is 9.10. The molecule has 0 unspecified atom stereocenters. The van der Waals surface area contributed by atoms with Gasteiger partial charge in [0.05, 0.1) is 4.47 Å². The van der Waals surface area contributed by atoms with Gasteiger partial charge in [-0.2, -0.15) is 0 Å². The number of benzene rings is 2. The van der Waals surface area contributed by atoms with Gasteiger partial charge in [-0.15, -0.1) is 0 Å². The number of rotatable bonds is 4. The van der Waals surface area contributed by atoms with Gasteiger partial charge in [0.2, 0.25) is 0 Å². The van der Waals surface area contributed by atoms with E-state index < -0.39 is 0 Å². The molecule has 2 nitrogen and oxygen atoms in total. The fourth-order valence-electron chi connectivity index (χ4n) is 1.79. The van der Waals surface area contributed by atoms with Crippen molar-refractivity contribution in [2.75, 3.05) is 0 Å². The minimum Gasteiger partial charge on any atom is -0.326 e. The molecular formula is C15H13BrFNO. The summed E-state index contributed by atoms with van der Waals surface area (Å²) in [5.41, 5.74) is 7.73. The van der Waals surface area contributed by atoms with E-state index in [-0.39, 0.29) is 18.0 Å². The lowest BCUT2D eigenvalue weighted by molar-refractivity contribution is 0.0992. The molecule has 0 amide bonds. The Labute approximate surface area is 119 Å². The first-order valence-electron chi connectivity index (χ1n) is 5.87. The average molecular weight is 322 g/mol. The third kappa shape index (κ3) is 3.28. The van der Waals surface area contributed by atoms with Crippen LogP contribution in [-0.2, 0) is 13.0 Å². The number of halogens is 2. The lowest BCUT2D eigenvalue weighted by Gasteiger charge is -2.05. The van der Waals surface area contributed by atoms with Gasteiger partial charge in [0, 0.05) is 18.5 Å².